The Kier molecular flexibility index (Phi) is 3.86. The van der Waals surface area contributed by atoms with Crippen LogP contribution in [0.1, 0.15) is 15.9 Å². The van der Waals surface area contributed by atoms with Gasteiger partial charge in [-0.3, -0.25) is 4.79 Å². The van der Waals surface area contributed by atoms with E-state index in [0.29, 0.717) is 12.0 Å². The van der Waals surface area contributed by atoms with Gasteiger partial charge in [0.1, 0.15) is 6.61 Å². The second-order valence-corrected chi connectivity index (χ2v) is 4.86. The first-order valence-corrected chi connectivity index (χ1v) is 6.19. The van der Waals surface area contributed by atoms with E-state index in [1.807, 2.05) is 12.1 Å². The zero-order chi connectivity index (χ0) is 13.1. The minimum atomic E-state index is -0.745. The summed E-state index contributed by atoms with van der Waals surface area (Å²) < 4.78 is 10.1. The van der Waals surface area contributed by atoms with Crippen molar-refractivity contribution in [3.8, 4) is 0 Å². The van der Waals surface area contributed by atoms with Gasteiger partial charge in [-0.1, -0.05) is 22.0 Å². The first-order valence-electron chi connectivity index (χ1n) is 5.40. The number of halogens is 1. The number of fused-ring (bicyclic) bond motifs is 1. The summed E-state index contributed by atoms with van der Waals surface area (Å²) in [6, 6.07) is 5.34. The number of benzene rings is 1. The number of hydrogen-bond acceptors (Lipinski definition) is 4. The molecule has 0 saturated carbocycles. The second kappa shape index (κ2) is 5.39. The van der Waals surface area contributed by atoms with Gasteiger partial charge in [0.05, 0.1) is 13.2 Å². The molecule has 1 N–H and O–H groups in total. The van der Waals surface area contributed by atoms with Crippen LogP contribution in [0.15, 0.2) is 22.7 Å². The number of hydrogen-bond donors (Lipinski definition) is 1. The highest BCUT2D eigenvalue weighted by Crippen LogP contribution is 2.21. The number of carbonyl (C=O) groups excluding carboxylic acids is 2. The first-order chi connectivity index (χ1) is 8.60. The van der Waals surface area contributed by atoms with E-state index >= 15 is 0 Å². The first kappa shape index (κ1) is 12.9. The zero-order valence-corrected chi connectivity index (χ0v) is 11.3. The molecule has 0 spiro atoms. The highest BCUT2D eigenvalue weighted by Gasteiger charge is 2.25. The van der Waals surface area contributed by atoms with Crippen molar-refractivity contribution < 1.29 is 19.1 Å². The number of carbonyl (C=O) groups is 2. The number of amides is 1. The molecule has 1 aromatic carbocycles. The zero-order valence-electron chi connectivity index (χ0n) is 9.73. The predicted molar refractivity (Wildman–Crippen MR) is 67.5 cm³/mol. The van der Waals surface area contributed by atoms with Gasteiger partial charge in [0.25, 0.3) is 5.91 Å². The van der Waals surface area contributed by atoms with Crippen molar-refractivity contribution in [1.82, 2.24) is 5.32 Å². The monoisotopic (exact) mass is 313 g/mol. The third-order valence-electron chi connectivity index (χ3n) is 2.69. The van der Waals surface area contributed by atoms with Gasteiger partial charge < -0.3 is 14.8 Å². The van der Waals surface area contributed by atoms with Gasteiger partial charge in [-0.25, -0.2) is 4.79 Å². The highest BCUT2D eigenvalue weighted by atomic mass is 79.9. The van der Waals surface area contributed by atoms with Crippen molar-refractivity contribution >= 4 is 28.0 Å². The summed E-state index contributed by atoms with van der Waals surface area (Å²) in [5.74, 6) is -0.156. The minimum absolute atomic E-state index is 0.105. The molecule has 1 aliphatic heterocycles. The fourth-order valence-corrected chi connectivity index (χ4v) is 2.21. The van der Waals surface area contributed by atoms with Crippen molar-refractivity contribution in [1.29, 1.82) is 0 Å². The van der Waals surface area contributed by atoms with Gasteiger partial charge in [0.2, 0.25) is 0 Å². The van der Waals surface area contributed by atoms with Crippen LogP contribution in [0.4, 0.5) is 4.79 Å². The Hall–Kier alpha value is -1.56. The van der Waals surface area contributed by atoms with Crippen molar-refractivity contribution in [3.05, 3.63) is 33.8 Å². The molecular weight excluding hydrogens is 302 g/mol. The highest BCUT2D eigenvalue weighted by molar-refractivity contribution is 9.10. The molecule has 1 aliphatic rings. The van der Waals surface area contributed by atoms with Crippen LogP contribution < -0.4 is 5.32 Å². The molecule has 0 saturated heterocycles. The lowest BCUT2D eigenvalue weighted by Gasteiger charge is -2.25. The standard InChI is InChI=1S/C12H12BrNO4/c1-17-12(16)18-6-9-4-7-2-3-8(13)5-10(7)11(15)14-9/h2-3,5,9H,4,6H2,1H3,(H,14,15)/t9-/m0/s1. The lowest BCUT2D eigenvalue weighted by Crippen LogP contribution is -2.44. The summed E-state index contributed by atoms with van der Waals surface area (Å²) in [6.07, 6.45) is -0.114. The summed E-state index contributed by atoms with van der Waals surface area (Å²) in [5.41, 5.74) is 1.60. The van der Waals surface area contributed by atoms with E-state index in [9.17, 15) is 9.59 Å². The Morgan fingerprint density at radius 1 is 1.56 bits per heavy atom. The normalized spacial score (nSPS) is 17.7. The van der Waals surface area contributed by atoms with Crippen LogP contribution >= 0.6 is 15.9 Å². The molecule has 0 aromatic heterocycles. The van der Waals surface area contributed by atoms with Gasteiger partial charge in [-0.15, -0.1) is 0 Å². The molecular formula is C12H12BrNO4. The van der Waals surface area contributed by atoms with Crippen LogP contribution in [-0.2, 0) is 15.9 Å². The van der Waals surface area contributed by atoms with Gasteiger partial charge in [-0.05, 0) is 24.1 Å². The van der Waals surface area contributed by atoms with E-state index in [1.165, 1.54) is 7.11 Å². The largest absolute Gasteiger partial charge is 0.508 e. The number of methoxy groups -OCH3 is 1. The Morgan fingerprint density at radius 2 is 2.33 bits per heavy atom. The fourth-order valence-electron chi connectivity index (χ4n) is 1.85. The minimum Gasteiger partial charge on any atom is -0.438 e. The smallest absolute Gasteiger partial charge is 0.438 e. The molecule has 1 aromatic rings. The molecule has 6 heteroatoms. The maximum Gasteiger partial charge on any atom is 0.508 e. The summed E-state index contributed by atoms with van der Waals surface area (Å²) >= 11 is 3.33. The van der Waals surface area contributed by atoms with Crippen molar-refractivity contribution in [3.63, 3.8) is 0 Å². The maximum atomic E-state index is 11.9. The van der Waals surface area contributed by atoms with Crippen LogP contribution in [0.2, 0.25) is 0 Å². The Labute approximate surface area is 113 Å². The van der Waals surface area contributed by atoms with Crippen LogP contribution in [0.25, 0.3) is 0 Å². The summed E-state index contributed by atoms with van der Waals surface area (Å²) in [5, 5.41) is 2.79. The molecule has 0 fully saturated rings. The quantitative estimate of drug-likeness (QED) is 0.847. The molecule has 96 valence electrons. The van der Waals surface area contributed by atoms with E-state index in [4.69, 9.17) is 4.74 Å². The van der Waals surface area contributed by atoms with E-state index in [2.05, 4.69) is 26.0 Å². The van der Waals surface area contributed by atoms with Crippen LogP contribution in [0, 0.1) is 0 Å². The van der Waals surface area contributed by atoms with Crippen molar-refractivity contribution in [2.24, 2.45) is 0 Å². The molecule has 0 unspecified atom stereocenters. The molecule has 1 amide bonds. The summed E-state index contributed by atoms with van der Waals surface area (Å²) in [7, 11) is 1.24. The van der Waals surface area contributed by atoms with Gasteiger partial charge >= 0.3 is 6.16 Å². The number of nitrogens with one attached hydrogen (secondary N) is 1. The molecule has 2 rings (SSSR count). The molecule has 0 bridgehead atoms. The summed E-state index contributed by atoms with van der Waals surface area (Å²) in [6.45, 7) is 0.105. The van der Waals surface area contributed by atoms with Crippen molar-refractivity contribution in [2.45, 2.75) is 12.5 Å². The third kappa shape index (κ3) is 2.81. The van der Waals surface area contributed by atoms with Crippen LogP contribution in [0.3, 0.4) is 0 Å². The Bertz CT molecular complexity index is 489. The maximum absolute atomic E-state index is 11.9. The SMILES string of the molecule is COC(=O)OC[C@@H]1Cc2ccc(Br)cc2C(=O)N1. The average molecular weight is 314 g/mol. The Morgan fingerprint density at radius 3 is 3.06 bits per heavy atom. The molecule has 0 radical (unpaired) electrons. The van der Waals surface area contributed by atoms with E-state index < -0.39 is 6.16 Å². The second-order valence-electron chi connectivity index (χ2n) is 3.94. The van der Waals surface area contributed by atoms with Crippen molar-refractivity contribution in [2.75, 3.05) is 13.7 Å². The molecule has 18 heavy (non-hydrogen) atoms. The molecule has 5 nitrogen and oxygen atoms in total. The topological polar surface area (TPSA) is 64.6 Å². The van der Waals surface area contributed by atoms with E-state index in [0.717, 1.165) is 10.0 Å². The number of rotatable bonds is 2. The van der Waals surface area contributed by atoms with Gasteiger partial charge in [0.15, 0.2) is 0 Å². The molecule has 1 atom stereocenters. The predicted octanol–water partition coefficient (Wildman–Crippen LogP) is 1.89. The van der Waals surface area contributed by atoms with Gasteiger partial charge in [0, 0.05) is 10.0 Å². The average Bonchev–Trinajstić information content (AvgIpc) is 2.37. The lowest BCUT2D eigenvalue weighted by molar-refractivity contribution is 0.0607. The third-order valence-corrected chi connectivity index (χ3v) is 3.18. The molecule has 0 aliphatic carbocycles. The van der Waals surface area contributed by atoms with Gasteiger partial charge in [-0.2, -0.15) is 0 Å². The van der Waals surface area contributed by atoms with Crippen LogP contribution in [0.5, 0.6) is 0 Å². The lowest BCUT2D eigenvalue weighted by atomic mass is 9.96. The summed E-state index contributed by atoms with van der Waals surface area (Å²) in [4.78, 5) is 22.7. The number of ether oxygens (including phenoxy) is 2. The van der Waals surface area contributed by atoms with E-state index in [-0.39, 0.29) is 18.6 Å². The van der Waals surface area contributed by atoms with E-state index in [1.54, 1.807) is 6.07 Å². The fraction of sp³-hybridized carbons (Fsp3) is 0.333. The van der Waals surface area contributed by atoms with Crippen LogP contribution in [-0.4, -0.2) is 31.8 Å². The Balaban J connectivity index is 2.06. The molecule has 1 heterocycles.